The number of methoxy groups -OCH3 is 1. The summed E-state index contributed by atoms with van der Waals surface area (Å²) in [6.45, 7) is 11.9. The largest absolute Gasteiger partial charge is 0.465 e. The fraction of sp³-hybridized carbons (Fsp3) is 0.250. The van der Waals surface area contributed by atoms with Gasteiger partial charge >= 0.3 is 5.97 Å². The van der Waals surface area contributed by atoms with Crippen molar-refractivity contribution in [1.29, 1.82) is 0 Å². The van der Waals surface area contributed by atoms with Crippen LogP contribution in [0.3, 0.4) is 0 Å². The van der Waals surface area contributed by atoms with Crippen LogP contribution in [0, 0.1) is 20.8 Å². The highest BCUT2D eigenvalue weighted by molar-refractivity contribution is 6.16. The number of carbonyl (C=O) groups is 2. The Kier molecular flexibility index (Phi) is 5.59. The predicted octanol–water partition coefficient (Wildman–Crippen LogP) is 4.26. The van der Waals surface area contributed by atoms with Crippen molar-refractivity contribution in [2.75, 3.05) is 13.7 Å². The summed E-state index contributed by atoms with van der Waals surface area (Å²) < 4.78 is 7.08. The number of rotatable bonds is 5. The molecule has 0 bridgehead atoms. The van der Waals surface area contributed by atoms with Crippen LogP contribution in [0.4, 0.5) is 0 Å². The Hall–Kier alpha value is -3.34. The van der Waals surface area contributed by atoms with E-state index in [9.17, 15) is 9.59 Å². The maximum Gasteiger partial charge on any atom is 0.340 e. The summed E-state index contributed by atoms with van der Waals surface area (Å²) in [5, 5.41) is 0. The van der Waals surface area contributed by atoms with Crippen molar-refractivity contribution in [3.63, 3.8) is 0 Å². The Bertz CT molecular complexity index is 1050. The first-order valence-electron chi connectivity index (χ1n) is 9.50. The third-order valence-corrected chi connectivity index (χ3v) is 5.28. The molecule has 1 aliphatic rings. The van der Waals surface area contributed by atoms with Crippen molar-refractivity contribution in [2.45, 2.75) is 27.7 Å². The first kappa shape index (κ1) is 20.4. The molecule has 0 aliphatic carbocycles. The predicted molar refractivity (Wildman–Crippen MR) is 115 cm³/mol. The van der Waals surface area contributed by atoms with E-state index in [0.29, 0.717) is 23.4 Å². The van der Waals surface area contributed by atoms with Crippen LogP contribution in [-0.4, -0.2) is 35.0 Å². The molecule has 5 nitrogen and oxygen atoms in total. The van der Waals surface area contributed by atoms with Crippen molar-refractivity contribution in [2.24, 2.45) is 0 Å². The molecule has 3 rings (SSSR count). The molecule has 29 heavy (non-hydrogen) atoms. The lowest BCUT2D eigenvalue weighted by Gasteiger charge is -2.14. The Labute approximate surface area is 171 Å². The molecule has 0 spiro atoms. The van der Waals surface area contributed by atoms with Crippen LogP contribution < -0.4 is 0 Å². The Balaban J connectivity index is 2.13. The Morgan fingerprint density at radius 3 is 2.38 bits per heavy atom. The monoisotopic (exact) mass is 390 g/mol. The van der Waals surface area contributed by atoms with E-state index in [4.69, 9.17) is 4.74 Å². The van der Waals surface area contributed by atoms with Gasteiger partial charge in [-0.05, 0) is 57.5 Å². The zero-order chi connectivity index (χ0) is 21.3. The molecule has 1 aliphatic heterocycles. The van der Waals surface area contributed by atoms with E-state index < -0.39 is 5.97 Å². The minimum atomic E-state index is -0.513. The third-order valence-electron chi connectivity index (χ3n) is 5.28. The number of ether oxygens (including phenoxy) is 1. The maximum atomic E-state index is 13.0. The molecule has 0 N–H and O–H groups in total. The zero-order valence-corrected chi connectivity index (χ0v) is 17.6. The topological polar surface area (TPSA) is 51.5 Å². The molecular weight excluding hydrogens is 364 g/mol. The summed E-state index contributed by atoms with van der Waals surface area (Å²) in [6.07, 6.45) is 3.43. The average molecular weight is 390 g/mol. The summed E-state index contributed by atoms with van der Waals surface area (Å²) in [6, 6.07) is 10.3. The van der Waals surface area contributed by atoms with Gasteiger partial charge in [-0.1, -0.05) is 23.8 Å². The van der Waals surface area contributed by atoms with Crippen LogP contribution in [0.25, 0.3) is 11.8 Å². The lowest BCUT2D eigenvalue weighted by Crippen LogP contribution is -2.25. The normalized spacial score (nSPS) is 15.4. The molecule has 2 aromatic rings. The molecule has 0 unspecified atom stereocenters. The van der Waals surface area contributed by atoms with Crippen molar-refractivity contribution in [3.8, 4) is 5.69 Å². The van der Waals surface area contributed by atoms with E-state index in [1.54, 1.807) is 24.0 Å². The number of hydrogen-bond donors (Lipinski definition) is 0. The number of esters is 1. The quantitative estimate of drug-likeness (QED) is 0.435. The van der Waals surface area contributed by atoms with Crippen LogP contribution in [0.15, 0.2) is 59.8 Å². The van der Waals surface area contributed by atoms with Crippen molar-refractivity contribution < 1.29 is 14.3 Å². The van der Waals surface area contributed by atoms with Crippen molar-refractivity contribution >= 4 is 18.0 Å². The molecule has 1 amide bonds. The third kappa shape index (κ3) is 3.56. The minimum Gasteiger partial charge on any atom is -0.465 e. The van der Waals surface area contributed by atoms with Crippen LogP contribution in [0.1, 0.15) is 29.4 Å². The summed E-state index contributed by atoms with van der Waals surface area (Å²) in [5.74, 6) is -0.732. The van der Waals surface area contributed by atoms with Crippen molar-refractivity contribution in [1.82, 2.24) is 9.47 Å². The Morgan fingerprint density at radius 1 is 1.14 bits per heavy atom. The molecule has 1 aromatic heterocycles. The Morgan fingerprint density at radius 2 is 1.79 bits per heavy atom. The highest BCUT2D eigenvalue weighted by atomic mass is 16.5. The van der Waals surface area contributed by atoms with Gasteiger partial charge in [0.25, 0.3) is 5.91 Å². The second-order valence-corrected chi connectivity index (χ2v) is 7.21. The molecular formula is C24H26N2O3. The van der Waals surface area contributed by atoms with E-state index >= 15 is 0 Å². The minimum absolute atomic E-state index is 0.220. The molecule has 2 heterocycles. The van der Waals surface area contributed by atoms with Crippen LogP contribution in [-0.2, 0) is 14.3 Å². The van der Waals surface area contributed by atoms with Crippen LogP contribution in [0.2, 0.25) is 0 Å². The lowest BCUT2D eigenvalue weighted by atomic mass is 10.0. The van der Waals surface area contributed by atoms with Gasteiger partial charge in [0.2, 0.25) is 0 Å². The van der Waals surface area contributed by atoms with E-state index in [2.05, 4.69) is 42.3 Å². The fourth-order valence-electron chi connectivity index (χ4n) is 3.76. The van der Waals surface area contributed by atoms with Gasteiger partial charge in [0, 0.05) is 29.3 Å². The first-order chi connectivity index (χ1) is 13.8. The number of aryl methyl sites for hydroxylation is 2. The average Bonchev–Trinajstić information content (AvgIpc) is 3.10. The lowest BCUT2D eigenvalue weighted by molar-refractivity contribution is -0.136. The number of amides is 1. The van der Waals surface area contributed by atoms with Gasteiger partial charge in [-0.2, -0.15) is 0 Å². The van der Waals surface area contributed by atoms with E-state index in [-0.39, 0.29) is 5.91 Å². The summed E-state index contributed by atoms with van der Waals surface area (Å²) >= 11 is 0. The van der Waals surface area contributed by atoms with Gasteiger partial charge < -0.3 is 14.2 Å². The number of carbonyl (C=O) groups excluding carboxylic acids is 2. The van der Waals surface area contributed by atoms with E-state index in [1.165, 1.54) is 12.7 Å². The number of aromatic nitrogens is 1. The molecule has 0 saturated heterocycles. The number of hydrogen-bond acceptors (Lipinski definition) is 3. The second-order valence-electron chi connectivity index (χ2n) is 7.21. The van der Waals surface area contributed by atoms with Gasteiger partial charge in [-0.3, -0.25) is 4.79 Å². The summed E-state index contributed by atoms with van der Waals surface area (Å²) in [7, 11) is 1.32. The molecule has 0 radical (unpaired) electrons. The number of benzene rings is 1. The van der Waals surface area contributed by atoms with Gasteiger partial charge in [-0.25, -0.2) is 4.79 Å². The second kappa shape index (κ2) is 7.95. The van der Waals surface area contributed by atoms with Crippen LogP contribution >= 0.6 is 0 Å². The van der Waals surface area contributed by atoms with E-state index in [1.807, 2.05) is 19.9 Å². The molecule has 0 fully saturated rings. The molecule has 150 valence electrons. The van der Waals surface area contributed by atoms with Gasteiger partial charge in [0.05, 0.1) is 18.3 Å². The zero-order valence-electron chi connectivity index (χ0n) is 17.6. The van der Waals surface area contributed by atoms with Gasteiger partial charge in [-0.15, -0.1) is 6.58 Å². The smallest absolute Gasteiger partial charge is 0.340 e. The van der Waals surface area contributed by atoms with E-state index in [0.717, 1.165) is 22.6 Å². The summed E-state index contributed by atoms with van der Waals surface area (Å²) in [5.41, 5.74) is 6.42. The fourth-order valence-corrected chi connectivity index (χ4v) is 3.76. The first-order valence-corrected chi connectivity index (χ1v) is 9.50. The standard InChI is InChI=1S/C24H26N2O3/c1-7-12-25-18(5)22(24(28)29-6)21(23(25)27)14-19-13-16(3)26(17(19)4)20-10-8-15(2)9-11-20/h7-11,13-14H,1,12H2,2-6H3/b21-14-. The molecule has 0 saturated carbocycles. The van der Waals surface area contributed by atoms with Crippen molar-refractivity contribution in [3.05, 3.63) is 82.3 Å². The molecule has 0 atom stereocenters. The van der Waals surface area contributed by atoms with Gasteiger partial charge in [0.15, 0.2) is 0 Å². The number of allylic oxidation sites excluding steroid dienone is 1. The highest BCUT2D eigenvalue weighted by Gasteiger charge is 2.36. The highest BCUT2D eigenvalue weighted by Crippen LogP contribution is 2.33. The maximum absolute atomic E-state index is 13.0. The van der Waals surface area contributed by atoms with Crippen LogP contribution in [0.5, 0.6) is 0 Å². The summed E-state index contributed by atoms with van der Waals surface area (Å²) in [4.78, 5) is 27.0. The SMILES string of the molecule is C=CCN1C(=O)/C(=C\c2cc(C)n(-c3ccc(C)cc3)c2C)C(C(=O)OC)=C1C. The molecule has 5 heteroatoms. The number of nitrogens with zero attached hydrogens (tertiary/aromatic N) is 2. The molecule has 1 aromatic carbocycles. The van der Waals surface area contributed by atoms with Gasteiger partial charge in [0.1, 0.15) is 0 Å².